The van der Waals surface area contributed by atoms with Gasteiger partial charge in [0.25, 0.3) is 5.91 Å². The Morgan fingerprint density at radius 3 is 2.67 bits per heavy atom. The van der Waals surface area contributed by atoms with Crippen molar-refractivity contribution in [3.05, 3.63) is 53.8 Å². The molecule has 1 N–H and O–H groups in total. The van der Waals surface area contributed by atoms with Crippen molar-refractivity contribution < 1.29 is 23.5 Å². The third-order valence-electron chi connectivity index (χ3n) is 3.08. The molecule has 0 aliphatic carbocycles. The minimum Gasteiger partial charge on any atom is -0.494 e. The van der Waals surface area contributed by atoms with Gasteiger partial charge < -0.3 is 14.8 Å². The van der Waals surface area contributed by atoms with Gasteiger partial charge in [0.05, 0.1) is 12.7 Å². The summed E-state index contributed by atoms with van der Waals surface area (Å²) in [5, 5.41) is 2.63. The Balaban J connectivity index is 1.91. The first-order valence-corrected chi connectivity index (χ1v) is 8.20. The van der Waals surface area contributed by atoms with Crippen LogP contribution in [-0.4, -0.2) is 31.8 Å². The number of nitrogens with one attached hydrogen (secondary N) is 1. The number of benzene rings is 2. The molecule has 2 rings (SSSR count). The van der Waals surface area contributed by atoms with Crippen molar-refractivity contribution in [3.8, 4) is 5.75 Å². The average molecular weight is 349 g/mol. The molecular formula is C17H16FNO4S. The zero-order valence-electron chi connectivity index (χ0n) is 13.2. The molecule has 0 saturated carbocycles. The van der Waals surface area contributed by atoms with Gasteiger partial charge in [-0.05, 0) is 42.7 Å². The van der Waals surface area contributed by atoms with Crippen LogP contribution >= 0.6 is 11.8 Å². The van der Waals surface area contributed by atoms with Crippen LogP contribution in [0.25, 0.3) is 0 Å². The van der Waals surface area contributed by atoms with Gasteiger partial charge in [-0.2, -0.15) is 0 Å². The number of anilines is 1. The number of methoxy groups -OCH3 is 1. The van der Waals surface area contributed by atoms with E-state index >= 15 is 0 Å². The SMILES string of the molecule is COc1ccc(C(=O)OCC(=O)Nc2cccc(SC)c2)cc1F. The summed E-state index contributed by atoms with van der Waals surface area (Å²) < 4.78 is 23.2. The molecule has 0 heterocycles. The number of ether oxygens (including phenoxy) is 2. The quantitative estimate of drug-likeness (QED) is 0.640. The van der Waals surface area contributed by atoms with Crippen molar-refractivity contribution in [3.63, 3.8) is 0 Å². The molecule has 7 heteroatoms. The largest absolute Gasteiger partial charge is 0.494 e. The fourth-order valence-corrected chi connectivity index (χ4v) is 2.37. The molecule has 0 aromatic heterocycles. The van der Waals surface area contributed by atoms with Crippen LogP contribution in [0.2, 0.25) is 0 Å². The summed E-state index contributed by atoms with van der Waals surface area (Å²) >= 11 is 1.55. The highest BCUT2D eigenvalue weighted by Gasteiger charge is 2.13. The molecule has 2 aromatic rings. The lowest BCUT2D eigenvalue weighted by Crippen LogP contribution is -2.21. The lowest BCUT2D eigenvalue weighted by molar-refractivity contribution is -0.119. The molecule has 0 unspecified atom stereocenters. The van der Waals surface area contributed by atoms with Crippen molar-refractivity contribution >= 4 is 29.3 Å². The van der Waals surface area contributed by atoms with Crippen LogP contribution in [0.1, 0.15) is 10.4 Å². The van der Waals surface area contributed by atoms with Gasteiger partial charge >= 0.3 is 5.97 Å². The number of hydrogen-bond donors (Lipinski definition) is 1. The molecule has 0 fully saturated rings. The molecule has 2 aromatic carbocycles. The van der Waals surface area contributed by atoms with Crippen LogP contribution in [0.3, 0.4) is 0 Å². The Bertz CT molecular complexity index is 751. The first-order chi connectivity index (χ1) is 11.5. The summed E-state index contributed by atoms with van der Waals surface area (Å²) in [4.78, 5) is 24.7. The zero-order chi connectivity index (χ0) is 17.5. The van der Waals surface area contributed by atoms with Gasteiger partial charge in [-0.15, -0.1) is 11.8 Å². The van der Waals surface area contributed by atoms with E-state index in [-0.39, 0.29) is 11.3 Å². The van der Waals surface area contributed by atoms with Gasteiger partial charge in [0, 0.05) is 10.6 Å². The molecule has 24 heavy (non-hydrogen) atoms. The van der Waals surface area contributed by atoms with Crippen LogP contribution < -0.4 is 10.1 Å². The van der Waals surface area contributed by atoms with E-state index in [0.29, 0.717) is 5.69 Å². The summed E-state index contributed by atoms with van der Waals surface area (Å²) in [6.07, 6.45) is 1.93. The summed E-state index contributed by atoms with van der Waals surface area (Å²) in [6.45, 7) is -0.462. The second-order valence-electron chi connectivity index (χ2n) is 4.71. The number of esters is 1. The highest BCUT2D eigenvalue weighted by atomic mass is 32.2. The Labute approximate surface area is 143 Å². The summed E-state index contributed by atoms with van der Waals surface area (Å²) in [5.41, 5.74) is 0.615. The van der Waals surface area contributed by atoms with E-state index < -0.39 is 24.3 Å². The maximum atomic E-state index is 13.6. The fraction of sp³-hybridized carbons (Fsp3) is 0.176. The molecule has 0 aliphatic heterocycles. The Morgan fingerprint density at radius 1 is 1.21 bits per heavy atom. The number of thioether (sulfide) groups is 1. The topological polar surface area (TPSA) is 64.6 Å². The average Bonchev–Trinajstić information content (AvgIpc) is 2.59. The second-order valence-corrected chi connectivity index (χ2v) is 5.59. The first-order valence-electron chi connectivity index (χ1n) is 6.98. The monoisotopic (exact) mass is 349 g/mol. The maximum Gasteiger partial charge on any atom is 0.338 e. The van der Waals surface area contributed by atoms with Gasteiger partial charge in [0.1, 0.15) is 0 Å². The van der Waals surface area contributed by atoms with E-state index in [9.17, 15) is 14.0 Å². The van der Waals surface area contributed by atoms with Gasteiger partial charge in [0.15, 0.2) is 18.2 Å². The smallest absolute Gasteiger partial charge is 0.338 e. The molecule has 5 nitrogen and oxygen atoms in total. The van der Waals surface area contributed by atoms with Crippen molar-refractivity contribution in [2.24, 2.45) is 0 Å². The lowest BCUT2D eigenvalue weighted by Gasteiger charge is -2.08. The van der Waals surface area contributed by atoms with E-state index in [0.717, 1.165) is 11.0 Å². The van der Waals surface area contributed by atoms with Gasteiger partial charge in [-0.3, -0.25) is 4.79 Å². The predicted octanol–water partition coefficient (Wildman–Crippen LogP) is 3.35. The minimum atomic E-state index is -0.787. The number of amides is 1. The predicted molar refractivity (Wildman–Crippen MR) is 90.1 cm³/mol. The molecule has 0 radical (unpaired) electrons. The maximum absolute atomic E-state index is 13.6. The highest BCUT2D eigenvalue weighted by molar-refractivity contribution is 7.98. The van der Waals surface area contributed by atoms with Crippen LogP contribution in [-0.2, 0) is 9.53 Å². The Kier molecular flexibility index (Phi) is 6.20. The molecule has 126 valence electrons. The van der Waals surface area contributed by atoms with Crippen molar-refractivity contribution in [1.29, 1.82) is 0 Å². The van der Waals surface area contributed by atoms with E-state index in [1.54, 1.807) is 17.8 Å². The molecular weight excluding hydrogens is 333 g/mol. The van der Waals surface area contributed by atoms with Crippen LogP contribution in [0.4, 0.5) is 10.1 Å². The van der Waals surface area contributed by atoms with Crippen LogP contribution in [0.15, 0.2) is 47.4 Å². The van der Waals surface area contributed by atoms with E-state index in [2.05, 4.69) is 5.32 Å². The van der Waals surface area contributed by atoms with Crippen molar-refractivity contribution in [1.82, 2.24) is 0 Å². The molecule has 1 amide bonds. The number of carbonyl (C=O) groups excluding carboxylic acids is 2. The number of hydrogen-bond acceptors (Lipinski definition) is 5. The van der Waals surface area contributed by atoms with Gasteiger partial charge in [-0.1, -0.05) is 6.07 Å². The summed E-state index contributed by atoms with van der Waals surface area (Å²) in [7, 11) is 1.33. The molecule has 0 spiro atoms. The van der Waals surface area contributed by atoms with E-state index in [4.69, 9.17) is 9.47 Å². The highest BCUT2D eigenvalue weighted by Crippen LogP contribution is 2.19. The van der Waals surface area contributed by atoms with Crippen LogP contribution in [0, 0.1) is 5.82 Å². The molecule has 0 bridgehead atoms. The van der Waals surface area contributed by atoms with Gasteiger partial charge in [-0.25, -0.2) is 9.18 Å². The standard InChI is InChI=1S/C17H16FNO4S/c1-22-15-7-6-11(8-14(15)18)17(21)23-10-16(20)19-12-4-3-5-13(9-12)24-2/h3-9H,10H2,1-2H3,(H,19,20). The summed E-state index contributed by atoms with van der Waals surface area (Å²) in [5.74, 6) is -1.91. The third-order valence-corrected chi connectivity index (χ3v) is 3.80. The number of halogens is 1. The van der Waals surface area contributed by atoms with Gasteiger partial charge in [0.2, 0.25) is 0 Å². The fourth-order valence-electron chi connectivity index (χ4n) is 1.91. The Morgan fingerprint density at radius 2 is 2.00 bits per heavy atom. The van der Waals surface area contributed by atoms with Crippen molar-refractivity contribution in [2.75, 3.05) is 25.3 Å². The van der Waals surface area contributed by atoms with Crippen molar-refractivity contribution in [2.45, 2.75) is 4.90 Å². The van der Waals surface area contributed by atoms with E-state index in [1.165, 1.54) is 19.2 Å². The minimum absolute atomic E-state index is 0.00507. The lowest BCUT2D eigenvalue weighted by atomic mass is 10.2. The third kappa shape index (κ3) is 4.73. The molecule has 0 atom stereocenters. The van der Waals surface area contributed by atoms with Crippen LogP contribution in [0.5, 0.6) is 5.75 Å². The van der Waals surface area contributed by atoms with E-state index in [1.807, 2.05) is 24.5 Å². The Hall–Kier alpha value is -2.54. The molecule has 0 aliphatic rings. The molecule has 0 saturated heterocycles. The summed E-state index contributed by atoms with van der Waals surface area (Å²) in [6, 6.07) is 11.0. The number of carbonyl (C=O) groups is 2. The zero-order valence-corrected chi connectivity index (χ0v) is 14.0. The normalized spacial score (nSPS) is 10.1. The first kappa shape index (κ1) is 17.8. The number of rotatable bonds is 6. The second kappa shape index (κ2) is 8.35.